The van der Waals surface area contributed by atoms with Crippen molar-refractivity contribution >= 4 is 34.4 Å². The second-order valence-corrected chi connectivity index (χ2v) is 8.93. The van der Waals surface area contributed by atoms with Crippen molar-refractivity contribution in [3.8, 4) is 5.75 Å². The Hall–Kier alpha value is -2.86. The van der Waals surface area contributed by atoms with Gasteiger partial charge < -0.3 is 9.84 Å². The van der Waals surface area contributed by atoms with E-state index in [1.807, 2.05) is 62.6 Å². The molecule has 1 aromatic heterocycles. The van der Waals surface area contributed by atoms with E-state index in [1.165, 1.54) is 25.6 Å². The fourth-order valence-corrected chi connectivity index (χ4v) is 4.07. The van der Waals surface area contributed by atoms with Crippen LogP contribution in [0.2, 0.25) is 0 Å². The standard InChI is InChI=1S/C25H27NO4S/c1-15-12-17(13-16(2)22(15)30-25(3,4)24(28)29)10-11-21(27)19-14-18-8-6-7-9-20(18)26-23(19)31-5/h6-9,12-14H,10-11H2,1-5H3,(H,28,29). The van der Waals surface area contributed by atoms with Gasteiger partial charge in [0.05, 0.1) is 11.1 Å². The fraction of sp³-hybridized carbons (Fsp3) is 0.320. The molecule has 6 heteroatoms. The largest absolute Gasteiger partial charge is 0.478 e. The predicted octanol–water partition coefficient (Wildman–Crippen LogP) is 5.63. The first-order chi connectivity index (χ1) is 14.6. The molecular formula is C25H27NO4S. The number of Topliss-reactive ketones (excluding diaryl/α,β-unsaturated/α-hetero) is 1. The molecule has 3 aromatic rings. The van der Waals surface area contributed by atoms with E-state index < -0.39 is 11.6 Å². The number of rotatable bonds is 8. The molecule has 162 valence electrons. The van der Waals surface area contributed by atoms with Gasteiger partial charge in [0.25, 0.3) is 0 Å². The SMILES string of the molecule is CSc1nc2ccccc2cc1C(=O)CCc1cc(C)c(OC(C)(C)C(=O)O)c(C)c1. The van der Waals surface area contributed by atoms with Gasteiger partial charge in [-0.15, -0.1) is 11.8 Å². The third kappa shape index (κ3) is 5.07. The van der Waals surface area contributed by atoms with E-state index in [1.54, 1.807) is 0 Å². The van der Waals surface area contributed by atoms with Crippen molar-refractivity contribution in [3.63, 3.8) is 0 Å². The van der Waals surface area contributed by atoms with Crippen molar-refractivity contribution in [2.24, 2.45) is 0 Å². The van der Waals surface area contributed by atoms with E-state index in [9.17, 15) is 14.7 Å². The molecule has 0 aliphatic heterocycles. The summed E-state index contributed by atoms with van der Waals surface area (Å²) in [4.78, 5) is 29.0. The number of para-hydroxylation sites is 1. The number of hydrogen-bond donors (Lipinski definition) is 1. The Kier molecular flexibility index (Phi) is 6.70. The number of pyridine rings is 1. The van der Waals surface area contributed by atoms with E-state index in [4.69, 9.17) is 4.74 Å². The Morgan fingerprint density at radius 3 is 2.35 bits per heavy atom. The van der Waals surface area contributed by atoms with Crippen LogP contribution in [0.4, 0.5) is 0 Å². The first kappa shape index (κ1) is 22.8. The quantitative estimate of drug-likeness (QED) is 0.363. The number of aryl methyl sites for hydroxylation is 3. The van der Waals surface area contributed by atoms with Crippen molar-refractivity contribution in [2.75, 3.05) is 6.26 Å². The Bertz CT molecular complexity index is 1130. The summed E-state index contributed by atoms with van der Waals surface area (Å²) in [6.45, 7) is 6.85. The number of aliphatic carboxylic acids is 1. The molecule has 31 heavy (non-hydrogen) atoms. The lowest BCUT2D eigenvalue weighted by atomic mass is 9.98. The van der Waals surface area contributed by atoms with Gasteiger partial charge in [-0.3, -0.25) is 4.79 Å². The van der Waals surface area contributed by atoms with Gasteiger partial charge in [-0.2, -0.15) is 0 Å². The van der Waals surface area contributed by atoms with Crippen LogP contribution in [0.1, 0.15) is 47.3 Å². The summed E-state index contributed by atoms with van der Waals surface area (Å²) in [6.07, 6.45) is 2.88. The molecule has 0 bridgehead atoms. The lowest BCUT2D eigenvalue weighted by Gasteiger charge is -2.24. The van der Waals surface area contributed by atoms with Crippen LogP contribution in [-0.4, -0.2) is 33.7 Å². The lowest BCUT2D eigenvalue weighted by molar-refractivity contribution is -0.152. The Balaban J connectivity index is 1.79. The second kappa shape index (κ2) is 9.10. The molecule has 0 fully saturated rings. The Morgan fingerprint density at radius 1 is 1.10 bits per heavy atom. The number of aromatic nitrogens is 1. The smallest absolute Gasteiger partial charge is 0.347 e. The Morgan fingerprint density at radius 2 is 1.74 bits per heavy atom. The summed E-state index contributed by atoms with van der Waals surface area (Å²) in [5.74, 6) is -0.384. The fourth-order valence-electron chi connectivity index (χ4n) is 3.49. The average Bonchev–Trinajstić information content (AvgIpc) is 2.73. The lowest BCUT2D eigenvalue weighted by Crippen LogP contribution is -2.38. The van der Waals surface area contributed by atoms with Crippen LogP contribution in [0.15, 0.2) is 47.5 Å². The van der Waals surface area contributed by atoms with E-state index in [0.29, 0.717) is 24.2 Å². The van der Waals surface area contributed by atoms with E-state index in [0.717, 1.165) is 32.6 Å². The van der Waals surface area contributed by atoms with Gasteiger partial charge in [-0.1, -0.05) is 30.3 Å². The minimum atomic E-state index is -1.32. The molecule has 0 saturated carbocycles. The average molecular weight is 438 g/mol. The van der Waals surface area contributed by atoms with Gasteiger partial charge in [0.15, 0.2) is 11.4 Å². The van der Waals surface area contributed by atoms with E-state index in [-0.39, 0.29) is 5.78 Å². The number of ketones is 1. The highest BCUT2D eigenvalue weighted by Gasteiger charge is 2.30. The molecule has 1 heterocycles. The van der Waals surface area contributed by atoms with Gasteiger partial charge in [0.2, 0.25) is 0 Å². The molecule has 2 aromatic carbocycles. The van der Waals surface area contributed by atoms with Crippen LogP contribution in [0.5, 0.6) is 5.75 Å². The van der Waals surface area contributed by atoms with Crippen molar-refractivity contribution in [1.29, 1.82) is 0 Å². The Labute approximate surface area is 186 Å². The summed E-state index contributed by atoms with van der Waals surface area (Å²) >= 11 is 1.48. The number of carboxylic acids is 1. The maximum Gasteiger partial charge on any atom is 0.347 e. The van der Waals surface area contributed by atoms with E-state index in [2.05, 4.69) is 4.98 Å². The first-order valence-electron chi connectivity index (χ1n) is 10.1. The molecule has 0 atom stereocenters. The number of nitrogens with zero attached hydrogens (tertiary/aromatic N) is 1. The zero-order chi connectivity index (χ0) is 22.8. The minimum absolute atomic E-state index is 0.0604. The third-order valence-corrected chi connectivity index (χ3v) is 5.91. The number of fused-ring (bicyclic) bond motifs is 1. The second-order valence-electron chi connectivity index (χ2n) is 8.14. The third-order valence-electron chi connectivity index (χ3n) is 5.22. The van der Waals surface area contributed by atoms with Crippen LogP contribution in [0.25, 0.3) is 10.9 Å². The normalized spacial score (nSPS) is 11.5. The van der Waals surface area contributed by atoms with Crippen LogP contribution in [0, 0.1) is 13.8 Å². The van der Waals surface area contributed by atoms with E-state index >= 15 is 0 Å². The van der Waals surface area contributed by atoms with Gasteiger partial charge >= 0.3 is 5.97 Å². The monoisotopic (exact) mass is 437 g/mol. The molecule has 0 unspecified atom stereocenters. The summed E-state index contributed by atoms with van der Waals surface area (Å²) in [5.41, 5.74) is 2.95. The molecule has 0 saturated heterocycles. The highest BCUT2D eigenvalue weighted by atomic mass is 32.2. The van der Waals surface area contributed by atoms with Gasteiger partial charge in [-0.05, 0) is 69.2 Å². The van der Waals surface area contributed by atoms with Crippen LogP contribution < -0.4 is 4.74 Å². The van der Waals surface area contributed by atoms with Crippen LogP contribution >= 0.6 is 11.8 Å². The van der Waals surface area contributed by atoms with Gasteiger partial charge in [0, 0.05) is 11.8 Å². The molecule has 0 aliphatic rings. The molecule has 3 rings (SSSR count). The van der Waals surface area contributed by atoms with Crippen molar-refractivity contribution in [3.05, 3.63) is 64.7 Å². The zero-order valence-corrected chi connectivity index (χ0v) is 19.3. The van der Waals surface area contributed by atoms with Crippen molar-refractivity contribution in [2.45, 2.75) is 51.2 Å². The molecular weight excluding hydrogens is 410 g/mol. The number of thioether (sulfide) groups is 1. The van der Waals surface area contributed by atoms with Gasteiger partial charge in [-0.25, -0.2) is 9.78 Å². The number of ether oxygens (including phenoxy) is 1. The highest BCUT2D eigenvalue weighted by Crippen LogP contribution is 2.30. The predicted molar refractivity (Wildman–Crippen MR) is 124 cm³/mol. The summed E-state index contributed by atoms with van der Waals surface area (Å²) in [5, 5.41) is 11.0. The maximum atomic E-state index is 13.0. The molecule has 5 nitrogen and oxygen atoms in total. The number of carboxylic acid groups (broad SMARTS) is 1. The summed E-state index contributed by atoms with van der Waals surface area (Å²) < 4.78 is 5.77. The summed E-state index contributed by atoms with van der Waals surface area (Å²) in [7, 11) is 0. The number of benzene rings is 2. The van der Waals surface area contributed by atoms with Crippen molar-refractivity contribution in [1.82, 2.24) is 4.98 Å². The maximum absolute atomic E-state index is 13.0. The molecule has 0 amide bonds. The van der Waals surface area contributed by atoms with Crippen molar-refractivity contribution < 1.29 is 19.4 Å². The molecule has 0 aliphatic carbocycles. The first-order valence-corrected chi connectivity index (χ1v) is 11.3. The molecule has 1 N–H and O–H groups in total. The highest BCUT2D eigenvalue weighted by molar-refractivity contribution is 7.98. The number of carbonyl (C=O) groups is 2. The summed E-state index contributed by atoms with van der Waals surface area (Å²) in [6, 6.07) is 13.6. The molecule has 0 spiro atoms. The minimum Gasteiger partial charge on any atom is -0.478 e. The van der Waals surface area contributed by atoms with Crippen LogP contribution in [0.3, 0.4) is 0 Å². The number of hydrogen-bond acceptors (Lipinski definition) is 5. The number of carbonyl (C=O) groups excluding carboxylic acids is 1. The molecule has 0 radical (unpaired) electrons. The topological polar surface area (TPSA) is 76.5 Å². The van der Waals surface area contributed by atoms with Crippen LogP contribution in [-0.2, 0) is 11.2 Å². The van der Waals surface area contributed by atoms with Gasteiger partial charge in [0.1, 0.15) is 10.8 Å². The zero-order valence-electron chi connectivity index (χ0n) is 18.5.